The fourth-order valence-electron chi connectivity index (χ4n) is 2.90. The second-order valence-corrected chi connectivity index (χ2v) is 7.82. The number of nitrogens with zero attached hydrogens (tertiary/aromatic N) is 1. The van der Waals surface area contributed by atoms with Crippen molar-refractivity contribution in [2.75, 3.05) is 20.1 Å². The first-order valence-electron chi connectivity index (χ1n) is 6.77. The quantitative estimate of drug-likeness (QED) is 0.910. The highest BCUT2D eigenvalue weighted by atomic mass is 79.9. The highest BCUT2D eigenvalue weighted by molar-refractivity contribution is 9.11. The first kappa shape index (κ1) is 14.5. The Hall–Kier alpha value is 0.1000. The molecule has 3 atom stereocenters. The number of halogens is 1. The Kier molecular flexibility index (Phi) is 5.24. The molecule has 1 fully saturated rings. The average molecular weight is 331 g/mol. The largest absolute Gasteiger partial charge is 0.317 e. The molecule has 0 saturated carbocycles. The van der Waals surface area contributed by atoms with Gasteiger partial charge in [0.25, 0.3) is 0 Å². The van der Waals surface area contributed by atoms with E-state index in [2.05, 4.69) is 59.2 Å². The van der Waals surface area contributed by atoms with Crippen molar-refractivity contribution in [3.8, 4) is 0 Å². The molecule has 2 nitrogen and oxygen atoms in total. The maximum atomic E-state index is 3.53. The minimum atomic E-state index is 0.680. The van der Waals surface area contributed by atoms with Crippen LogP contribution in [0, 0.1) is 5.92 Å². The van der Waals surface area contributed by atoms with Crippen LogP contribution in [0.5, 0.6) is 0 Å². The summed E-state index contributed by atoms with van der Waals surface area (Å²) in [6.45, 7) is 7.16. The molecule has 4 heteroatoms. The maximum absolute atomic E-state index is 3.53. The fraction of sp³-hybridized carbons (Fsp3) is 0.714. The van der Waals surface area contributed by atoms with Gasteiger partial charge in [0.05, 0.1) is 3.79 Å². The van der Waals surface area contributed by atoms with E-state index in [9.17, 15) is 0 Å². The third-order valence-electron chi connectivity index (χ3n) is 4.34. The summed E-state index contributed by atoms with van der Waals surface area (Å²) in [7, 11) is 2.09. The van der Waals surface area contributed by atoms with Crippen LogP contribution in [0.4, 0.5) is 0 Å². The molecule has 1 N–H and O–H groups in total. The Morgan fingerprint density at radius 1 is 1.44 bits per heavy atom. The third-order valence-corrected chi connectivity index (χ3v) is 6.03. The van der Waals surface area contributed by atoms with Gasteiger partial charge in [-0.3, -0.25) is 4.90 Å². The molecule has 1 aliphatic heterocycles. The molecule has 0 spiro atoms. The lowest BCUT2D eigenvalue weighted by atomic mass is 9.87. The highest BCUT2D eigenvalue weighted by Gasteiger charge is 2.30. The zero-order valence-corrected chi connectivity index (χ0v) is 13.9. The van der Waals surface area contributed by atoms with Gasteiger partial charge in [-0.25, -0.2) is 0 Å². The van der Waals surface area contributed by atoms with Gasteiger partial charge in [0.1, 0.15) is 0 Å². The smallest absolute Gasteiger partial charge is 0.0701 e. The van der Waals surface area contributed by atoms with Gasteiger partial charge >= 0.3 is 0 Å². The van der Waals surface area contributed by atoms with Crippen molar-refractivity contribution in [1.82, 2.24) is 10.2 Å². The monoisotopic (exact) mass is 330 g/mol. The van der Waals surface area contributed by atoms with E-state index in [1.54, 1.807) is 0 Å². The molecule has 1 aromatic heterocycles. The zero-order chi connectivity index (χ0) is 13.1. The van der Waals surface area contributed by atoms with Crippen molar-refractivity contribution >= 4 is 27.3 Å². The van der Waals surface area contributed by atoms with Gasteiger partial charge in [-0.05, 0) is 67.3 Å². The Bertz CT molecular complexity index is 380. The molecule has 0 aromatic carbocycles. The molecule has 3 unspecified atom stereocenters. The molecule has 0 radical (unpaired) electrons. The number of hydrogen-bond donors (Lipinski definition) is 1. The predicted molar refractivity (Wildman–Crippen MR) is 83.4 cm³/mol. The van der Waals surface area contributed by atoms with E-state index in [1.165, 1.54) is 34.6 Å². The highest BCUT2D eigenvalue weighted by Crippen LogP contribution is 2.26. The molecule has 1 aliphatic rings. The van der Waals surface area contributed by atoms with Crippen LogP contribution in [0.15, 0.2) is 15.9 Å². The topological polar surface area (TPSA) is 15.3 Å². The number of likely N-dealkylation sites (tertiary alicyclic amines) is 1. The van der Waals surface area contributed by atoms with Crippen LogP contribution in [0.25, 0.3) is 0 Å². The number of rotatable bonds is 4. The van der Waals surface area contributed by atoms with Gasteiger partial charge < -0.3 is 5.32 Å². The van der Waals surface area contributed by atoms with Crippen molar-refractivity contribution in [1.29, 1.82) is 0 Å². The maximum Gasteiger partial charge on any atom is 0.0701 e. The number of nitrogens with one attached hydrogen (secondary N) is 1. The molecule has 2 heterocycles. The third kappa shape index (κ3) is 3.35. The van der Waals surface area contributed by atoms with Crippen LogP contribution < -0.4 is 5.32 Å². The van der Waals surface area contributed by atoms with Crippen LogP contribution in [0.3, 0.4) is 0 Å². The van der Waals surface area contributed by atoms with Gasteiger partial charge in [-0.2, -0.15) is 0 Å². The minimum Gasteiger partial charge on any atom is -0.317 e. The Balaban J connectivity index is 1.86. The normalized spacial score (nSPS) is 29.7. The summed E-state index contributed by atoms with van der Waals surface area (Å²) in [5, 5.41) is 3.45. The van der Waals surface area contributed by atoms with Gasteiger partial charge in [-0.15, -0.1) is 11.3 Å². The molecule has 0 amide bonds. The molecule has 0 aliphatic carbocycles. The molecular weight excluding hydrogens is 308 g/mol. The fourth-order valence-corrected chi connectivity index (χ4v) is 4.37. The van der Waals surface area contributed by atoms with Crippen LogP contribution in [0.2, 0.25) is 0 Å². The van der Waals surface area contributed by atoms with Crippen LogP contribution in [0.1, 0.15) is 25.1 Å². The number of hydrogen-bond acceptors (Lipinski definition) is 3. The summed E-state index contributed by atoms with van der Waals surface area (Å²) in [6.07, 6.45) is 2.45. The summed E-state index contributed by atoms with van der Waals surface area (Å²) in [4.78, 5) is 4.13. The van der Waals surface area contributed by atoms with E-state index in [0.29, 0.717) is 12.1 Å². The van der Waals surface area contributed by atoms with Crippen molar-refractivity contribution in [2.45, 2.75) is 38.8 Å². The average Bonchev–Trinajstić information content (AvgIpc) is 2.77. The Labute approximate surface area is 123 Å². The van der Waals surface area contributed by atoms with Gasteiger partial charge in [0, 0.05) is 23.5 Å². The standard InChI is InChI=1S/C14H23BrN2S/c1-10-11(2)17(9-7-13(10)16-3)8-6-12-4-5-14(15)18-12/h4-5,10-11,13,16H,6-9H2,1-3H3. The molecule has 18 heavy (non-hydrogen) atoms. The molecule has 1 aromatic rings. The number of piperidine rings is 1. The van der Waals surface area contributed by atoms with E-state index >= 15 is 0 Å². The van der Waals surface area contributed by atoms with E-state index < -0.39 is 0 Å². The van der Waals surface area contributed by atoms with E-state index in [4.69, 9.17) is 0 Å². The summed E-state index contributed by atoms with van der Waals surface area (Å²) < 4.78 is 1.24. The lowest BCUT2D eigenvalue weighted by Crippen LogP contribution is -2.52. The summed E-state index contributed by atoms with van der Waals surface area (Å²) in [6, 6.07) is 5.76. The van der Waals surface area contributed by atoms with Crippen LogP contribution in [-0.2, 0) is 6.42 Å². The van der Waals surface area contributed by atoms with Crippen LogP contribution in [-0.4, -0.2) is 37.1 Å². The van der Waals surface area contributed by atoms with Crippen molar-refractivity contribution in [3.63, 3.8) is 0 Å². The summed E-state index contributed by atoms with van der Waals surface area (Å²) in [5.74, 6) is 0.735. The van der Waals surface area contributed by atoms with Gasteiger partial charge in [0.15, 0.2) is 0 Å². The second kappa shape index (κ2) is 6.51. The summed E-state index contributed by atoms with van der Waals surface area (Å²) >= 11 is 5.39. The first-order chi connectivity index (χ1) is 8.61. The molecule has 102 valence electrons. The SMILES string of the molecule is CNC1CCN(CCc2ccc(Br)s2)C(C)C1C. The van der Waals surface area contributed by atoms with Crippen molar-refractivity contribution in [2.24, 2.45) is 5.92 Å². The minimum absolute atomic E-state index is 0.680. The Morgan fingerprint density at radius 3 is 2.83 bits per heavy atom. The van der Waals surface area contributed by atoms with Crippen molar-refractivity contribution in [3.05, 3.63) is 20.8 Å². The summed E-state index contributed by atoms with van der Waals surface area (Å²) in [5.41, 5.74) is 0. The molecule has 2 rings (SSSR count). The lowest BCUT2D eigenvalue weighted by Gasteiger charge is -2.42. The molecule has 0 bridgehead atoms. The van der Waals surface area contributed by atoms with Gasteiger partial charge in [-0.1, -0.05) is 6.92 Å². The number of thiophene rings is 1. The van der Waals surface area contributed by atoms with E-state index in [0.717, 1.165) is 5.92 Å². The van der Waals surface area contributed by atoms with Gasteiger partial charge in [0.2, 0.25) is 0 Å². The molecular formula is C14H23BrN2S. The van der Waals surface area contributed by atoms with Crippen molar-refractivity contribution < 1.29 is 0 Å². The second-order valence-electron chi connectivity index (χ2n) is 5.28. The lowest BCUT2D eigenvalue weighted by molar-refractivity contribution is 0.0891. The predicted octanol–water partition coefficient (Wildman–Crippen LogP) is 3.37. The molecule has 1 saturated heterocycles. The van der Waals surface area contributed by atoms with E-state index in [1.807, 2.05) is 11.3 Å². The first-order valence-corrected chi connectivity index (χ1v) is 8.38. The van der Waals surface area contributed by atoms with Crippen LogP contribution >= 0.6 is 27.3 Å². The Morgan fingerprint density at radius 2 is 2.22 bits per heavy atom. The van der Waals surface area contributed by atoms with E-state index in [-0.39, 0.29) is 0 Å². The zero-order valence-electron chi connectivity index (χ0n) is 11.4.